The predicted molar refractivity (Wildman–Crippen MR) is 43.6 cm³/mol. The van der Waals surface area contributed by atoms with E-state index in [4.69, 9.17) is 0 Å². The van der Waals surface area contributed by atoms with E-state index in [1.165, 1.54) is 0 Å². The van der Waals surface area contributed by atoms with E-state index >= 15 is 0 Å². The van der Waals surface area contributed by atoms with Crippen LogP contribution in [0.4, 0.5) is 13.2 Å². The number of nitrogens with one attached hydrogen (secondary N) is 1. The van der Waals surface area contributed by atoms with Crippen molar-refractivity contribution in [1.82, 2.24) is 5.32 Å². The molecule has 1 N–H and O–H groups in total. The van der Waals surface area contributed by atoms with Crippen LogP contribution in [0.2, 0.25) is 0 Å². The molecule has 1 saturated heterocycles. The predicted octanol–water partition coefficient (Wildman–Crippen LogP) is 2.50. The molecule has 1 nitrogen and oxygen atoms in total. The largest absolute Gasteiger partial charge is 0.390 e. The number of alkyl halides is 3. The van der Waals surface area contributed by atoms with Gasteiger partial charge in [0.1, 0.15) is 0 Å². The third kappa shape index (κ3) is 4.83. The summed E-state index contributed by atoms with van der Waals surface area (Å²) >= 11 is 0. The molecular formula is C7H13ClF3N. The fourth-order valence-electron chi connectivity index (χ4n) is 1.38. The van der Waals surface area contributed by atoms with Gasteiger partial charge in [-0.1, -0.05) is 6.42 Å². The van der Waals surface area contributed by atoms with Gasteiger partial charge >= 0.3 is 6.18 Å². The van der Waals surface area contributed by atoms with E-state index < -0.39 is 12.6 Å². The summed E-state index contributed by atoms with van der Waals surface area (Å²) in [5.74, 6) is 0. The van der Waals surface area contributed by atoms with Gasteiger partial charge in [0.15, 0.2) is 0 Å². The second-order valence-corrected chi connectivity index (χ2v) is 2.97. The van der Waals surface area contributed by atoms with Gasteiger partial charge in [0.05, 0.1) is 6.42 Å². The Balaban J connectivity index is 0.00000121. The Labute approximate surface area is 76.1 Å². The fourth-order valence-corrected chi connectivity index (χ4v) is 1.38. The third-order valence-electron chi connectivity index (χ3n) is 1.89. The minimum absolute atomic E-state index is 0. The number of rotatable bonds is 1. The molecule has 1 atom stereocenters. The lowest BCUT2D eigenvalue weighted by molar-refractivity contribution is -0.141. The maximum Gasteiger partial charge on any atom is 0.390 e. The molecule has 0 aromatic carbocycles. The van der Waals surface area contributed by atoms with Crippen molar-refractivity contribution >= 4 is 12.4 Å². The van der Waals surface area contributed by atoms with Gasteiger partial charge < -0.3 is 5.32 Å². The molecule has 1 aliphatic heterocycles. The zero-order valence-corrected chi connectivity index (χ0v) is 7.47. The first kappa shape index (κ1) is 12.0. The summed E-state index contributed by atoms with van der Waals surface area (Å²) in [5, 5.41) is 2.86. The van der Waals surface area contributed by atoms with Gasteiger partial charge in [0, 0.05) is 6.04 Å². The first-order valence-electron chi connectivity index (χ1n) is 3.88. The minimum Gasteiger partial charge on any atom is -0.314 e. The van der Waals surface area contributed by atoms with Gasteiger partial charge in [-0.2, -0.15) is 13.2 Å². The van der Waals surface area contributed by atoms with Crippen LogP contribution in [-0.4, -0.2) is 18.8 Å². The summed E-state index contributed by atoms with van der Waals surface area (Å²) in [4.78, 5) is 0. The van der Waals surface area contributed by atoms with Crippen LogP contribution in [0.15, 0.2) is 0 Å². The van der Waals surface area contributed by atoms with Crippen molar-refractivity contribution in [1.29, 1.82) is 0 Å². The summed E-state index contributed by atoms with van der Waals surface area (Å²) in [6.07, 6.45) is -2.08. The number of piperidine rings is 1. The molecule has 0 spiro atoms. The second kappa shape index (κ2) is 4.92. The normalized spacial score (nSPS) is 24.8. The molecule has 12 heavy (non-hydrogen) atoms. The highest BCUT2D eigenvalue weighted by atomic mass is 35.5. The van der Waals surface area contributed by atoms with E-state index in [1.54, 1.807) is 0 Å². The minimum atomic E-state index is -4.00. The summed E-state index contributed by atoms with van der Waals surface area (Å²) in [6, 6.07) is -0.330. The van der Waals surface area contributed by atoms with Crippen molar-refractivity contribution in [3.05, 3.63) is 0 Å². The van der Waals surface area contributed by atoms with Gasteiger partial charge in [-0.25, -0.2) is 0 Å². The highest BCUT2D eigenvalue weighted by molar-refractivity contribution is 5.85. The fraction of sp³-hybridized carbons (Fsp3) is 1.00. The summed E-state index contributed by atoms with van der Waals surface area (Å²) < 4.78 is 35.4. The zero-order chi connectivity index (χ0) is 8.32. The molecule has 0 amide bonds. The van der Waals surface area contributed by atoms with Gasteiger partial charge in [-0.3, -0.25) is 0 Å². The Bertz CT molecular complexity index is 120. The molecule has 0 aliphatic carbocycles. The Morgan fingerprint density at radius 1 is 1.25 bits per heavy atom. The van der Waals surface area contributed by atoms with E-state index in [2.05, 4.69) is 5.32 Å². The number of halogens is 4. The molecule has 0 saturated carbocycles. The molecule has 1 unspecified atom stereocenters. The molecule has 0 radical (unpaired) electrons. The summed E-state index contributed by atoms with van der Waals surface area (Å²) in [7, 11) is 0. The topological polar surface area (TPSA) is 12.0 Å². The molecule has 1 fully saturated rings. The van der Waals surface area contributed by atoms with E-state index in [0.717, 1.165) is 19.4 Å². The average molecular weight is 204 g/mol. The second-order valence-electron chi connectivity index (χ2n) is 2.97. The van der Waals surface area contributed by atoms with Gasteiger partial charge in [0.2, 0.25) is 0 Å². The first-order chi connectivity index (χ1) is 5.08. The third-order valence-corrected chi connectivity index (χ3v) is 1.89. The summed E-state index contributed by atoms with van der Waals surface area (Å²) in [5.41, 5.74) is 0. The smallest absolute Gasteiger partial charge is 0.314 e. The van der Waals surface area contributed by atoms with Crippen molar-refractivity contribution in [2.45, 2.75) is 37.9 Å². The van der Waals surface area contributed by atoms with Crippen molar-refractivity contribution in [3.8, 4) is 0 Å². The quantitative estimate of drug-likeness (QED) is 0.691. The molecule has 74 valence electrons. The van der Waals surface area contributed by atoms with E-state index in [0.29, 0.717) is 6.42 Å². The van der Waals surface area contributed by atoms with Gasteiger partial charge in [-0.05, 0) is 19.4 Å². The van der Waals surface area contributed by atoms with E-state index in [1.807, 2.05) is 0 Å². The zero-order valence-electron chi connectivity index (χ0n) is 6.66. The summed E-state index contributed by atoms with van der Waals surface area (Å²) in [6.45, 7) is 0.737. The molecule has 0 aromatic heterocycles. The molecule has 1 heterocycles. The highest BCUT2D eigenvalue weighted by Crippen LogP contribution is 2.24. The number of hydrogen-bond donors (Lipinski definition) is 1. The van der Waals surface area contributed by atoms with E-state index in [-0.39, 0.29) is 18.4 Å². The maximum absolute atomic E-state index is 11.8. The van der Waals surface area contributed by atoms with Gasteiger partial charge in [-0.15, -0.1) is 12.4 Å². The van der Waals surface area contributed by atoms with Crippen molar-refractivity contribution in [3.63, 3.8) is 0 Å². The Morgan fingerprint density at radius 3 is 2.33 bits per heavy atom. The van der Waals surface area contributed by atoms with Crippen molar-refractivity contribution < 1.29 is 13.2 Å². The number of hydrogen-bond acceptors (Lipinski definition) is 1. The SMILES string of the molecule is Cl.FC(F)(F)CC1CCCCN1. The lowest BCUT2D eigenvalue weighted by Crippen LogP contribution is -2.37. The van der Waals surface area contributed by atoms with Crippen molar-refractivity contribution in [2.75, 3.05) is 6.54 Å². The van der Waals surface area contributed by atoms with Crippen molar-refractivity contribution in [2.24, 2.45) is 0 Å². The molecular weight excluding hydrogens is 191 g/mol. The molecule has 1 rings (SSSR count). The lowest BCUT2D eigenvalue weighted by Gasteiger charge is -2.24. The molecule has 1 aliphatic rings. The van der Waals surface area contributed by atoms with Crippen LogP contribution in [0.3, 0.4) is 0 Å². The van der Waals surface area contributed by atoms with Crippen LogP contribution in [0, 0.1) is 0 Å². The standard InChI is InChI=1S/C7H12F3N.ClH/c8-7(9,10)5-6-3-1-2-4-11-6;/h6,11H,1-5H2;1H. The monoisotopic (exact) mass is 203 g/mol. The van der Waals surface area contributed by atoms with Crippen LogP contribution >= 0.6 is 12.4 Å². The van der Waals surface area contributed by atoms with Gasteiger partial charge in [0.25, 0.3) is 0 Å². The van der Waals surface area contributed by atoms with Crippen LogP contribution in [0.25, 0.3) is 0 Å². The Kier molecular flexibility index (Phi) is 4.94. The first-order valence-corrected chi connectivity index (χ1v) is 3.88. The highest BCUT2D eigenvalue weighted by Gasteiger charge is 2.32. The Hall–Kier alpha value is 0.0400. The van der Waals surface area contributed by atoms with Crippen LogP contribution < -0.4 is 5.32 Å². The molecule has 0 aromatic rings. The van der Waals surface area contributed by atoms with E-state index in [9.17, 15) is 13.2 Å². The maximum atomic E-state index is 11.8. The van der Waals surface area contributed by atoms with Crippen LogP contribution in [0.5, 0.6) is 0 Å². The molecule has 0 bridgehead atoms. The van der Waals surface area contributed by atoms with Crippen LogP contribution in [-0.2, 0) is 0 Å². The lowest BCUT2D eigenvalue weighted by atomic mass is 10.0. The van der Waals surface area contributed by atoms with Crippen LogP contribution in [0.1, 0.15) is 25.7 Å². The average Bonchev–Trinajstić information content (AvgIpc) is 1.85. The Morgan fingerprint density at radius 2 is 1.92 bits per heavy atom. The molecule has 5 heteroatoms.